The maximum Gasteiger partial charge on any atom is 0.349 e. The zero-order chi connectivity index (χ0) is 34.6. The third kappa shape index (κ3) is 7.74. The van der Waals surface area contributed by atoms with E-state index < -0.39 is 48.7 Å². The highest BCUT2D eigenvalue weighted by Crippen LogP contribution is 2.46. The van der Waals surface area contributed by atoms with Crippen LogP contribution in [0.2, 0.25) is 0 Å². The number of nitrogens with zero attached hydrogens (tertiary/aromatic N) is 1. The van der Waals surface area contributed by atoms with Crippen molar-refractivity contribution in [3.8, 4) is 5.75 Å². The molecule has 3 aromatic rings. The molecule has 2 saturated heterocycles. The number of β-lactam (4-membered cyclic amide) rings is 1. The molecule has 5 rings (SSSR count). The molecule has 3 aromatic carbocycles. The Kier molecular flexibility index (Phi) is 11.2. The number of carbonyl (C=O) groups excluding carboxylic acids is 2. The molecule has 2 fully saturated rings. The number of aliphatic hydroxyl groups is 4. The first-order chi connectivity index (χ1) is 22.9. The first-order valence-corrected chi connectivity index (χ1v) is 16.7. The van der Waals surface area contributed by atoms with Crippen molar-refractivity contribution in [2.24, 2.45) is 5.92 Å². The van der Waals surface area contributed by atoms with Crippen molar-refractivity contribution < 1.29 is 44.2 Å². The van der Waals surface area contributed by atoms with Gasteiger partial charge < -0.3 is 39.5 Å². The monoisotopic (exact) mass is 661 g/mol. The van der Waals surface area contributed by atoms with Gasteiger partial charge in [0.2, 0.25) is 5.91 Å². The Bertz CT molecular complexity index is 1520. The maximum absolute atomic E-state index is 13.7. The summed E-state index contributed by atoms with van der Waals surface area (Å²) < 4.78 is 16.8. The number of amides is 1. The van der Waals surface area contributed by atoms with Crippen LogP contribution in [0, 0.1) is 12.8 Å². The molecule has 258 valence electrons. The van der Waals surface area contributed by atoms with Crippen molar-refractivity contribution in [3.05, 3.63) is 95.1 Å². The molecule has 0 aliphatic carbocycles. The number of hydrogen-bond acceptors (Lipinski definition) is 9. The van der Waals surface area contributed by atoms with E-state index in [2.05, 4.69) is 31.2 Å². The van der Waals surface area contributed by atoms with E-state index in [0.29, 0.717) is 11.4 Å². The topological polar surface area (TPSA) is 146 Å². The van der Waals surface area contributed by atoms with Crippen LogP contribution in [0.5, 0.6) is 5.75 Å². The van der Waals surface area contributed by atoms with Gasteiger partial charge in [-0.25, -0.2) is 4.79 Å². The molecule has 7 unspecified atom stereocenters. The predicted octanol–water partition coefficient (Wildman–Crippen LogP) is 3.83. The number of benzene rings is 3. The van der Waals surface area contributed by atoms with Gasteiger partial charge in [-0.15, -0.1) is 0 Å². The summed E-state index contributed by atoms with van der Waals surface area (Å²) in [5, 5.41) is 40.4. The molecule has 2 aliphatic rings. The summed E-state index contributed by atoms with van der Waals surface area (Å²) in [6.07, 6.45) is -3.20. The fourth-order valence-electron chi connectivity index (χ4n) is 6.53. The molecule has 10 nitrogen and oxygen atoms in total. The second-order valence-electron chi connectivity index (χ2n) is 13.3. The van der Waals surface area contributed by atoms with Gasteiger partial charge in [-0.2, -0.15) is 0 Å². The fraction of sp³-hybridized carbons (Fsp3) is 0.474. The molecule has 0 spiro atoms. The van der Waals surface area contributed by atoms with Gasteiger partial charge in [0.05, 0.1) is 31.3 Å². The van der Waals surface area contributed by atoms with Crippen LogP contribution in [0.3, 0.4) is 0 Å². The molecule has 2 aliphatic heterocycles. The minimum atomic E-state index is -1.43. The van der Waals surface area contributed by atoms with Crippen LogP contribution in [0.4, 0.5) is 5.69 Å². The molecule has 2 heterocycles. The summed E-state index contributed by atoms with van der Waals surface area (Å²) in [7, 11) is 0. The molecular weight excluding hydrogens is 614 g/mol. The lowest BCUT2D eigenvalue weighted by Gasteiger charge is -2.48. The van der Waals surface area contributed by atoms with Gasteiger partial charge in [-0.1, -0.05) is 54.1 Å². The standard InChI is InChI=1S/C38H47NO9/c1-5-46-37(45)38(3,4)48-28-19-17-27(18-20-28)39-32(29(36(39)44)8-6-7-24-11-9-23(2)10-12-24)26-15-13-25(14-16-26)21-30-33(41)35(43)34(42)31(22-40)47-30/h9-20,29-35,40-43H,5-8,21-22H2,1-4H3. The third-order valence-electron chi connectivity index (χ3n) is 9.32. The zero-order valence-electron chi connectivity index (χ0n) is 28.0. The van der Waals surface area contributed by atoms with E-state index in [-0.39, 0.29) is 30.9 Å². The lowest BCUT2D eigenvalue weighted by Crippen LogP contribution is -2.59. The fourth-order valence-corrected chi connectivity index (χ4v) is 6.53. The van der Waals surface area contributed by atoms with E-state index in [1.165, 1.54) is 11.1 Å². The number of aliphatic hydroxyl groups excluding tert-OH is 4. The van der Waals surface area contributed by atoms with Crippen LogP contribution in [0.15, 0.2) is 72.8 Å². The van der Waals surface area contributed by atoms with Gasteiger partial charge in [0.25, 0.3) is 0 Å². The second-order valence-corrected chi connectivity index (χ2v) is 13.3. The van der Waals surface area contributed by atoms with Crippen molar-refractivity contribution in [1.29, 1.82) is 0 Å². The van der Waals surface area contributed by atoms with E-state index in [1.807, 2.05) is 36.4 Å². The Morgan fingerprint density at radius 3 is 2.12 bits per heavy atom. The van der Waals surface area contributed by atoms with E-state index in [0.717, 1.165) is 30.4 Å². The normalized spacial score (nSPS) is 25.8. The van der Waals surface area contributed by atoms with Gasteiger partial charge in [-0.3, -0.25) is 4.79 Å². The Balaban J connectivity index is 1.33. The van der Waals surface area contributed by atoms with Crippen LogP contribution < -0.4 is 9.64 Å². The highest BCUT2D eigenvalue weighted by Gasteiger charge is 2.48. The zero-order valence-corrected chi connectivity index (χ0v) is 28.0. The summed E-state index contributed by atoms with van der Waals surface area (Å²) >= 11 is 0. The van der Waals surface area contributed by atoms with Gasteiger partial charge in [0.1, 0.15) is 30.2 Å². The van der Waals surface area contributed by atoms with Crippen molar-refractivity contribution in [1.82, 2.24) is 0 Å². The first-order valence-electron chi connectivity index (χ1n) is 16.7. The number of hydrogen-bond donors (Lipinski definition) is 4. The van der Waals surface area contributed by atoms with Crippen molar-refractivity contribution in [2.75, 3.05) is 18.1 Å². The average Bonchev–Trinajstić information content (AvgIpc) is 3.07. The number of rotatable bonds is 13. The van der Waals surface area contributed by atoms with Crippen LogP contribution in [-0.2, 0) is 31.9 Å². The maximum atomic E-state index is 13.7. The van der Waals surface area contributed by atoms with Gasteiger partial charge >= 0.3 is 5.97 Å². The van der Waals surface area contributed by atoms with Crippen LogP contribution in [-0.4, -0.2) is 81.6 Å². The summed E-state index contributed by atoms with van der Waals surface area (Å²) in [6, 6.07) is 23.1. The molecule has 4 N–H and O–H groups in total. The van der Waals surface area contributed by atoms with Crippen LogP contribution in [0.1, 0.15) is 61.9 Å². The molecule has 0 saturated carbocycles. The van der Waals surface area contributed by atoms with Gasteiger partial charge in [0, 0.05) is 12.1 Å². The van der Waals surface area contributed by atoms with Crippen molar-refractivity contribution in [2.45, 2.75) is 95.5 Å². The molecule has 0 radical (unpaired) electrons. The van der Waals surface area contributed by atoms with Crippen molar-refractivity contribution >= 4 is 17.6 Å². The Morgan fingerprint density at radius 1 is 0.875 bits per heavy atom. The van der Waals surface area contributed by atoms with Crippen molar-refractivity contribution in [3.63, 3.8) is 0 Å². The second kappa shape index (κ2) is 15.2. The van der Waals surface area contributed by atoms with E-state index in [9.17, 15) is 30.0 Å². The number of anilines is 1. The molecule has 10 heteroatoms. The number of carbonyl (C=O) groups is 2. The number of ether oxygens (including phenoxy) is 3. The minimum absolute atomic E-state index is 0.0369. The summed E-state index contributed by atoms with van der Waals surface area (Å²) in [4.78, 5) is 27.8. The van der Waals surface area contributed by atoms with Crippen LogP contribution in [0.25, 0.3) is 0 Å². The number of esters is 1. The van der Waals surface area contributed by atoms with E-state index in [1.54, 1.807) is 37.8 Å². The Morgan fingerprint density at radius 2 is 1.50 bits per heavy atom. The van der Waals surface area contributed by atoms with Gasteiger partial charge in [-0.05, 0) is 87.9 Å². The highest BCUT2D eigenvalue weighted by molar-refractivity contribution is 6.03. The van der Waals surface area contributed by atoms with E-state index in [4.69, 9.17) is 14.2 Å². The average molecular weight is 662 g/mol. The minimum Gasteiger partial charge on any atom is -0.476 e. The quantitative estimate of drug-likeness (QED) is 0.159. The SMILES string of the molecule is CCOC(=O)C(C)(C)Oc1ccc(N2C(=O)C(CCCc3ccc(C)cc3)C2c2ccc(CC3OC(CO)C(O)C(O)C3O)cc2)cc1. The molecule has 1 amide bonds. The highest BCUT2D eigenvalue weighted by atomic mass is 16.6. The largest absolute Gasteiger partial charge is 0.476 e. The Labute approximate surface area is 281 Å². The molecule has 7 atom stereocenters. The Hall–Kier alpha value is -3.80. The number of aryl methyl sites for hydroxylation is 2. The lowest BCUT2D eigenvalue weighted by atomic mass is 9.78. The van der Waals surface area contributed by atoms with E-state index >= 15 is 0 Å². The molecule has 48 heavy (non-hydrogen) atoms. The lowest BCUT2D eigenvalue weighted by molar-refractivity contribution is -0.228. The molecule has 0 aromatic heterocycles. The predicted molar refractivity (Wildman–Crippen MR) is 180 cm³/mol. The molecular formula is C38H47NO9. The summed E-state index contributed by atoms with van der Waals surface area (Å²) in [6.45, 7) is 6.88. The third-order valence-corrected chi connectivity index (χ3v) is 9.32. The smallest absolute Gasteiger partial charge is 0.349 e. The van der Waals surface area contributed by atoms with Gasteiger partial charge in [0.15, 0.2) is 5.60 Å². The van der Waals surface area contributed by atoms with Crippen LogP contribution >= 0.6 is 0 Å². The summed E-state index contributed by atoms with van der Waals surface area (Å²) in [5.74, 6) is -0.163. The first kappa shape index (κ1) is 35.5. The molecule has 0 bridgehead atoms. The summed E-state index contributed by atoms with van der Waals surface area (Å²) in [5.41, 5.74) is 3.77.